The fourth-order valence-electron chi connectivity index (χ4n) is 2.59. The highest BCUT2D eigenvalue weighted by Crippen LogP contribution is 2.30. The molecule has 5 nitrogen and oxygen atoms in total. The van der Waals surface area contributed by atoms with Gasteiger partial charge in [0.15, 0.2) is 0 Å². The second-order valence-electron chi connectivity index (χ2n) is 4.53. The topological polar surface area (TPSA) is 58.4 Å². The van der Waals surface area contributed by atoms with Gasteiger partial charge in [-0.3, -0.25) is 10.1 Å². The van der Waals surface area contributed by atoms with Gasteiger partial charge in [-0.15, -0.1) is 0 Å². The summed E-state index contributed by atoms with van der Waals surface area (Å²) in [6.45, 7) is 4.79. The third-order valence-electron chi connectivity index (χ3n) is 3.44. The lowest BCUT2D eigenvalue weighted by atomic mass is 10.0. The molecule has 1 N–H and O–H groups in total. The minimum atomic E-state index is -0.297. The average molecular weight is 249 g/mol. The molecule has 1 aliphatic rings. The Morgan fingerprint density at radius 1 is 1.50 bits per heavy atom. The largest absolute Gasteiger partial charge is 0.362 e. The molecule has 1 atom stereocenters. The van der Waals surface area contributed by atoms with E-state index in [1.54, 1.807) is 12.1 Å². The predicted octanol–water partition coefficient (Wildman–Crippen LogP) is 2.17. The number of rotatable bonds is 4. The van der Waals surface area contributed by atoms with Crippen LogP contribution in [0.2, 0.25) is 0 Å². The first kappa shape index (κ1) is 12.8. The van der Waals surface area contributed by atoms with Crippen molar-refractivity contribution in [1.29, 1.82) is 0 Å². The molecule has 18 heavy (non-hydrogen) atoms. The highest BCUT2D eigenvalue weighted by Gasteiger charge is 2.25. The zero-order chi connectivity index (χ0) is 13.0. The fourth-order valence-corrected chi connectivity index (χ4v) is 2.59. The van der Waals surface area contributed by atoms with Crippen LogP contribution in [-0.4, -0.2) is 30.6 Å². The first-order valence-electron chi connectivity index (χ1n) is 6.44. The summed E-state index contributed by atoms with van der Waals surface area (Å²) in [4.78, 5) is 12.9. The Hall–Kier alpha value is -1.62. The van der Waals surface area contributed by atoms with Crippen molar-refractivity contribution in [2.75, 3.05) is 24.5 Å². The lowest BCUT2D eigenvalue weighted by molar-refractivity contribution is -0.384. The van der Waals surface area contributed by atoms with Gasteiger partial charge >= 0.3 is 0 Å². The number of nitro groups is 1. The van der Waals surface area contributed by atoms with Gasteiger partial charge in [-0.2, -0.15) is 0 Å². The van der Waals surface area contributed by atoms with Crippen LogP contribution in [0.25, 0.3) is 0 Å². The van der Waals surface area contributed by atoms with E-state index in [4.69, 9.17) is 0 Å². The number of piperidine rings is 1. The molecule has 0 saturated carbocycles. The lowest BCUT2D eigenvalue weighted by Crippen LogP contribution is -2.46. The second kappa shape index (κ2) is 5.82. The molecule has 0 radical (unpaired) electrons. The highest BCUT2D eigenvalue weighted by atomic mass is 16.6. The Labute approximate surface area is 107 Å². The molecule has 1 aromatic rings. The maximum atomic E-state index is 11.1. The number of hydrogen-bond donors (Lipinski definition) is 1. The molecule has 0 aliphatic carbocycles. The Morgan fingerprint density at radius 2 is 2.28 bits per heavy atom. The van der Waals surface area contributed by atoms with Crippen molar-refractivity contribution in [3.63, 3.8) is 0 Å². The van der Waals surface area contributed by atoms with Gasteiger partial charge in [0, 0.05) is 25.2 Å². The summed E-state index contributed by atoms with van der Waals surface area (Å²) in [6.07, 6.45) is 2.22. The number of anilines is 1. The second-order valence-corrected chi connectivity index (χ2v) is 4.53. The van der Waals surface area contributed by atoms with Gasteiger partial charge in [0.25, 0.3) is 5.69 Å². The van der Waals surface area contributed by atoms with E-state index in [2.05, 4.69) is 10.2 Å². The summed E-state index contributed by atoms with van der Waals surface area (Å²) in [5, 5.41) is 14.4. The van der Waals surface area contributed by atoms with Gasteiger partial charge in [0.2, 0.25) is 0 Å². The van der Waals surface area contributed by atoms with Crippen molar-refractivity contribution < 1.29 is 4.92 Å². The van der Waals surface area contributed by atoms with Crippen LogP contribution in [0.15, 0.2) is 24.3 Å². The van der Waals surface area contributed by atoms with Crippen LogP contribution >= 0.6 is 0 Å². The predicted molar refractivity (Wildman–Crippen MR) is 72.0 cm³/mol. The molecule has 1 saturated heterocycles. The van der Waals surface area contributed by atoms with Crippen LogP contribution in [0.4, 0.5) is 11.4 Å². The molecule has 0 aromatic heterocycles. The molecular formula is C13H19N3O2. The smallest absolute Gasteiger partial charge is 0.292 e. The molecule has 0 amide bonds. The van der Waals surface area contributed by atoms with E-state index in [1.165, 1.54) is 0 Å². The molecule has 98 valence electrons. The minimum absolute atomic E-state index is 0.199. The van der Waals surface area contributed by atoms with Crippen LogP contribution < -0.4 is 10.2 Å². The number of nitrogens with one attached hydrogen (secondary N) is 1. The number of hydrogen-bond acceptors (Lipinski definition) is 4. The monoisotopic (exact) mass is 249 g/mol. The Morgan fingerprint density at radius 3 is 2.89 bits per heavy atom. The van der Waals surface area contributed by atoms with Crippen molar-refractivity contribution in [2.45, 2.75) is 25.8 Å². The minimum Gasteiger partial charge on any atom is -0.362 e. The maximum absolute atomic E-state index is 11.1. The third kappa shape index (κ3) is 2.61. The first-order valence-corrected chi connectivity index (χ1v) is 6.44. The molecule has 2 rings (SSSR count). The summed E-state index contributed by atoms with van der Waals surface area (Å²) in [6, 6.07) is 7.35. The van der Waals surface area contributed by atoms with Crippen molar-refractivity contribution in [3.8, 4) is 0 Å². The van der Waals surface area contributed by atoms with Gasteiger partial charge in [-0.25, -0.2) is 0 Å². The standard InChI is InChI=1S/C13H19N3O2/c1-2-15(11-6-5-9-14-10-11)12-7-3-4-8-13(12)16(17)18/h3-4,7-8,11,14H,2,5-6,9-10H2,1H3. The summed E-state index contributed by atoms with van der Waals surface area (Å²) in [7, 11) is 0. The van der Waals surface area contributed by atoms with Gasteiger partial charge in [0.05, 0.1) is 4.92 Å². The van der Waals surface area contributed by atoms with Gasteiger partial charge < -0.3 is 10.2 Å². The number of benzene rings is 1. The molecule has 1 aromatic carbocycles. The van der Waals surface area contributed by atoms with E-state index in [9.17, 15) is 10.1 Å². The van der Waals surface area contributed by atoms with Crippen molar-refractivity contribution >= 4 is 11.4 Å². The Bertz CT molecular complexity index is 416. The number of likely N-dealkylation sites (N-methyl/N-ethyl adjacent to an activating group) is 1. The Kier molecular flexibility index (Phi) is 4.15. The van der Waals surface area contributed by atoms with E-state index < -0.39 is 0 Å². The summed E-state index contributed by atoms with van der Waals surface area (Å²) < 4.78 is 0. The third-order valence-corrected chi connectivity index (χ3v) is 3.44. The highest BCUT2D eigenvalue weighted by molar-refractivity contribution is 5.63. The lowest BCUT2D eigenvalue weighted by Gasteiger charge is -2.35. The molecule has 1 heterocycles. The number of para-hydroxylation sites is 2. The maximum Gasteiger partial charge on any atom is 0.292 e. The number of nitrogens with zero attached hydrogens (tertiary/aromatic N) is 2. The molecule has 1 unspecified atom stereocenters. The van der Waals surface area contributed by atoms with Gasteiger partial charge in [-0.05, 0) is 32.4 Å². The number of nitro benzene ring substituents is 1. The van der Waals surface area contributed by atoms with Crippen LogP contribution in [0.3, 0.4) is 0 Å². The van der Waals surface area contributed by atoms with Crippen LogP contribution in [0.5, 0.6) is 0 Å². The summed E-state index contributed by atoms with van der Waals surface area (Å²) in [5.41, 5.74) is 0.934. The van der Waals surface area contributed by atoms with E-state index >= 15 is 0 Å². The van der Waals surface area contributed by atoms with Gasteiger partial charge in [0.1, 0.15) is 5.69 Å². The van der Waals surface area contributed by atoms with E-state index in [0.29, 0.717) is 6.04 Å². The van der Waals surface area contributed by atoms with E-state index in [-0.39, 0.29) is 10.6 Å². The normalized spacial score (nSPS) is 19.5. The summed E-state index contributed by atoms with van der Waals surface area (Å²) >= 11 is 0. The average Bonchev–Trinajstić information content (AvgIpc) is 2.41. The van der Waals surface area contributed by atoms with Crippen molar-refractivity contribution in [1.82, 2.24) is 5.32 Å². The molecule has 0 spiro atoms. The quantitative estimate of drug-likeness (QED) is 0.656. The van der Waals surface area contributed by atoms with Crippen LogP contribution in [-0.2, 0) is 0 Å². The molecule has 5 heteroatoms. The van der Waals surface area contributed by atoms with E-state index in [1.807, 2.05) is 19.1 Å². The molecular weight excluding hydrogens is 230 g/mol. The summed E-state index contributed by atoms with van der Waals surface area (Å²) in [5.74, 6) is 0. The molecule has 1 aliphatic heterocycles. The van der Waals surface area contributed by atoms with E-state index in [0.717, 1.165) is 38.2 Å². The molecule has 0 bridgehead atoms. The Balaban J connectivity index is 2.28. The first-order chi connectivity index (χ1) is 8.74. The molecule has 1 fully saturated rings. The zero-order valence-electron chi connectivity index (χ0n) is 10.6. The zero-order valence-corrected chi connectivity index (χ0v) is 10.6. The van der Waals surface area contributed by atoms with Crippen molar-refractivity contribution in [2.24, 2.45) is 0 Å². The van der Waals surface area contributed by atoms with Crippen molar-refractivity contribution in [3.05, 3.63) is 34.4 Å². The SMILES string of the molecule is CCN(c1ccccc1[N+](=O)[O-])C1CCCNC1. The van der Waals surface area contributed by atoms with Crippen LogP contribution in [0.1, 0.15) is 19.8 Å². The van der Waals surface area contributed by atoms with Crippen LogP contribution in [0, 0.1) is 10.1 Å². The van der Waals surface area contributed by atoms with Gasteiger partial charge in [-0.1, -0.05) is 12.1 Å². The fraction of sp³-hybridized carbons (Fsp3) is 0.538.